The lowest BCUT2D eigenvalue weighted by molar-refractivity contribution is -0.00473. The average molecular weight is 445 g/mol. The van der Waals surface area contributed by atoms with Crippen molar-refractivity contribution in [1.82, 2.24) is 0 Å². The molecule has 0 saturated heterocycles. The zero-order valence-corrected chi connectivity index (χ0v) is 21.7. The van der Waals surface area contributed by atoms with E-state index in [1.165, 1.54) is 43.2 Å². The summed E-state index contributed by atoms with van der Waals surface area (Å²) in [6.07, 6.45) is 13.8. The van der Waals surface area contributed by atoms with Gasteiger partial charge in [0.1, 0.15) is 0 Å². The number of unbranched alkanes of at least 4 members (excludes halogenated alkanes) is 3. The molecule has 2 aromatic rings. The third-order valence-corrected chi connectivity index (χ3v) is 11.4. The fraction of sp³-hybridized carbons (Fsp3) is 0.467. The Morgan fingerprint density at radius 3 is 2.03 bits per heavy atom. The van der Waals surface area contributed by atoms with Crippen molar-refractivity contribution in [2.24, 2.45) is 0 Å². The van der Waals surface area contributed by atoms with Crippen LogP contribution in [-0.4, -0.2) is 20.3 Å². The Morgan fingerprint density at radius 2 is 1.41 bits per heavy atom. The van der Waals surface area contributed by atoms with Crippen molar-refractivity contribution in [3.05, 3.63) is 83.5 Å². The Labute approximate surface area is 196 Å². The number of fused-ring (bicyclic) bond motifs is 3. The lowest BCUT2D eigenvalue weighted by Crippen LogP contribution is -2.38. The first kappa shape index (κ1) is 23.3. The molecule has 0 aromatic heterocycles. The third kappa shape index (κ3) is 5.02. The van der Waals surface area contributed by atoms with Crippen LogP contribution in [0.25, 0.3) is 11.1 Å². The molecule has 0 bridgehead atoms. The molecule has 0 N–H and O–H groups in total. The normalized spacial score (nSPS) is 18.0. The van der Waals surface area contributed by atoms with Crippen LogP contribution in [0.1, 0.15) is 69.5 Å². The van der Waals surface area contributed by atoms with Gasteiger partial charge in [0.15, 0.2) is 0 Å². The van der Waals surface area contributed by atoms with E-state index >= 15 is 0 Å². The highest BCUT2D eigenvalue weighted by Crippen LogP contribution is 2.52. The first-order valence-corrected chi connectivity index (χ1v) is 15.6. The Morgan fingerprint density at radius 1 is 0.812 bits per heavy atom. The van der Waals surface area contributed by atoms with Crippen molar-refractivity contribution < 1.29 is 4.74 Å². The van der Waals surface area contributed by atoms with E-state index in [1.807, 2.05) is 0 Å². The number of hydrogen-bond donors (Lipinski definition) is 0. The maximum Gasteiger partial charge on any atom is 0.0715 e. The highest BCUT2D eigenvalue weighted by Gasteiger charge is 2.44. The second-order valence-electron chi connectivity index (χ2n) is 11.2. The van der Waals surface area contributed by atoms with Gasteiger partial charge in [-0.2, -0.15) is 0 Å². The fourth-order valence-electron chi connectivity index (χ4n) is 5.51. The molecule has 2 heteroatoms. The molecule has 0 saturated carbocycles. The molecule has 4 rings (SSSR count). The molecule has 2 aliphatic carbocycles. The van der Waals surface area contributed by atoms with Gasteiger partial charge < -0.3 is 4.74 Å². The predicted octanol–water partition coefficient (Wildman–Crippen LogP) is 8.68. The molecule has 0 amide bonds. The summed E-state index contributed by atoms with van der Waals surface area (Å²) in [7, 11) is -1.64. The van der Waals surface area contributed by atoms with Crippen molar-refractivity contribution in [3.8, 4) is 11.1 Å². The zero-order valence-electron chi connectivity index (χ0n) is 20.7. The first-order valence-electron chi connectivity index (χ1n) is 12.5. The Hall–Kier alpha value is -1.90. The molecule has 170 valence electrons. The largest absolute Gasteiger partial charge is 0.376 e. The van der Waals surface area contributed by atoms with E-state index < -0.39 is 8.07 Å². The van der Waals surface area contributed by atoms with E-state index in [9.17, 15) is 0 Å². The van der Waals surface area contributed by atoms with Gasteiger partial charge in [0.05, 0.1) is 13.7 Å². The maximum atomic E-state index is 5.84. The topological polar surface area (TPSA) is 9.23 Å². The minimum absolute atomic E-state index is 0.00843. The monoisotopic (exact) mass is 444 g/mol. The highest BCUT2D eigenvalue weighted by molar-refractivity contribution is 6.82. The van der Waals surface area contributed by atoms with Crippen molar-refractivity contribution in [2.75, 3.05) is 6.61 Å². The number of rotatable bonds is 9. The predicted molar refractivity (Wildman–Crippen MR) is 141 cm³/mol. The SMILES string of the molecule is CC(C)(C)OCCCCCCC1=CC([Si](C)(C)C2c3ccccc3-c3ccccc32)C=C1. The smallest absolute Gasteiger partial charge is 0.0715 e. The van der Waals surface area contributed by atoms with Crippen LogP contribution >= 0.6 is 0 Å². The zero-order chi connectivity index (χ0) is 22.8. The van der Waals surface area contributed by atoms with E-state index in [0.29, 0.717) is 11.1 Å². The quantitative estimate of drug-likeness (QED) is 0.278. The van der Waals surface area contributed by atoms with Crippen LogP contribution in [0.15, 0.2) is 72.3 Å². The van der Waals surface area contributed by atoms with Crippen molar-refractivity contribution in [1.29, 1.82) is 0 Å². The molecule has 0 aliphatic heterocycles. The van der Waals surface area contributed by atoms with Crippen LogP contribution in [0.2, 0.25) is 18.6 Å². The molecular weight excluding hydrogens is 404 g/mol. The van der Waals surface area contributed by atoms with E-state index in [-0.39, 0.29) is 5.60 Å². The summed E-state index contributed by atoms with van der Waals surface area (Å²) < 4.78 is 5.84. The molecule has 2 aromatic carbocycles. The summed E-state index contributed by atoms with van der Waals surface area (Å²) in [5.74, 6) is 0. The molecule has 0 heterocycles. The molecule has 0 fully saturated rings. The number of hydrogen-bond acceptors (Lipinski definition) is 1. The summed E-state index contributed by atoms with van der Waals surface area (Å²) in [5, 5.41) is 0. The summed E-state index contributed by atoms with van der Waals surface area (Å²) in [6.45, 7) is 12.5. The van der Waals surface area contributed by atoms with Gasteiger partial charge in [0.2, 0.25) is 0 Å². The third-order valence-electron chi connectivity index (χ3n) is 7.24. The van der Waals surface area contributed by atoms with Gasteiger partial charge in [-0.05, 0) is 67.8 Å². The average Bonchev–Trinajstić information content (AvgIpc) is 3.36. The molecular formula is C30H40OSi. The second kappa shape index (κ2) is 9.53. The van der Waals surface area contributed by atoms with E-state index in [0.717, 1.165) is 6.61 Å². The molecule has 32 heavy (non-hydrogen) atoms. The van der Waals surface area contributed by atoms with E-state index in [4.69, 9.17) is 4.74 Å². The van der Waals surface area contributed by atoms with Gasteiger partial charge >= 0.3 is 0 Å². The molecule has 1 atom stereocenters. The van der Waals surface area contributed by atoms with Crippen LogP contribution in [0, 0.1) is 0 Å². The van der Waals surface area contributed by atoms with Gasteiger partial charge in [0.25, 0.3) is 0 Å². The van der Waals surface area contributed by atoms with Crippen LogP contribution in [-0.2, 0) is 4.74 Å². The number of benzene rings is 2. The van der Waals surface area contributed by atoms with Gasteiger partial charge in [-0.25, -0.2) is 0 Å². The Bertz CT molecular complexity index is 946. The van der Waals surface area contributed by atoms with Gasteiger partial charge in [-0.3, -0.25) is 0 Å². The van der Waals surface area contributed by atoms with Crippen molar-refractivity contribution in [2.45, 2.75) is 82.7 Å². The molecule has 2 aliphatic rings. The lowest BCUT2D eigenvalue weighted by atomic mass is 10.1. The minimum Gasteiger partial charge on any atom is -0.376 e. The van der Waals surface area contributed by atoms with E-state index in [2.05, 4.69) is 101 Å². The number of allylic oxidation sites excluding steroid dienone is 4. The summed E-state index contributed by atoms with van der Waals surface area (Å²) in [6, 6.07) is 18.2. The molecule has 0 radical (unpaired) electrons. The molecule has 1 unspecified atom stereocenters. The summed E-state index contributed by atoms with van der Waals surface area (Å²) >= 11 is 0. The van der Waals surface area contributed by atoms with Crippen molar-refractivity contribution >= 4 is 8.07 Å². The minimum atomic E-state index is -1.64. The lowest BCUT2D eigenvalue weighted by Gasteiger charge is -2.35. The van der Waals surface area contributed by atoms with Gasteiger partial charge in [-0.1, -0.05) is 98.3 Å². The molecule has 1 nitrogen and oxygen atoms in total. The first-order chi connectivity index (χ1) is 15.3. The van der Waals surface area contributed by atoms with Gasteiger partial charge in [-0.15, -0.1) is 0 Å². The highest BCUT2D eigenvalue weighted by atomic mass is 28.3. The fourth-order valence-corrected chi connectivity index (χ4v) is 9.24. The van der Waals surface area contributed by atoms with Crippen LogP contribution in [0.3, 0.4) is 0 Å². The number of ether oxygens (including phenoxy) is 1. The summed E-state index contributed by atoms with van der Waals surface area (Å²) in [4.78, 5) is 0. The Kier molecular flexibility index (Phi) is 6.93. The Balaban J connectivity index is 1.37. The van der Waals surface area contributed by atoms with Gasteiger partial charge in [0, 0.05) is 12.1 Å². The van der Waals surface area contributed by atoms with Crippen LogP contribution < -0.4 is 0 Å². The van der Waals surface area contributed by atoms with Crippen LogP contribution in [0.5, 0.6) is 0 Å². The standard InChI is InChI=1S/C30H40OSi/c1-30(2,3)31-21-13-7-6-8-14-23-19-20-24(22-23)32(4,5)29-27-17-11-9-15-25(27)26-16-10-12-18-28(26)29/h9-12,15-20,22,24,29H,6-8,13-14,21H2,1-5H3. The molecule has 0 spiro atoms. The van der Waals surface area contributed by atoms with Crippen LogP contribution in [0.4, 0.5) is 0 Å². The summed E-state index contributed by atoms with van der Waals surface area (Å²) in [5.41, 5.74) is 8.75. The second-order valence-corrected chi connectivity index (χ2v) is 16.1. The van der Waals surface area contributed by atoms with E-state index in [1.54, 1.807) is 16.7 Å². The maximum absolute atomic E-state index is 5.84. The van der Waals surface area contributed by atoms with Crippen molar-refractivity contribution in [3.63, 3.8) is 0 Å².